The van der Waals surface area contributed by atoms with E-state index in [0.717, 1.165) is 24.0 Å². The highest BCUT2D eigenvalue weighted by molar-refractivity contribution is 5.77. The van der Waals surface area contributed by atoms with Crippen LogP contribution in [0.1, 0.15) is 37.5 Å². The van der Waals surface area contributed by atoms with Crippen molar-refractivity contribution in [3.05, 3.63) is 29.3 Å². The number of ether oxygens (including phenoxy) is 1. The van der Waals surface area contributed by atoms with Gasteiger partial charge in [0, 0.05) is 13.1 Å². The van der Waals surface area contributed by atoms with Crippen molar-refractivity contribution < 1.29 is 14.6 Å². The number of carbonyl (C=O) groups excluding carboxylic acids is 1. The number of amides is 1. The van der Waals surface area contributed by atoms with Crippen LogP contribution in [0.25, 0.3) is 0 Å². The van der Waals surface area contributed by atoms with Crippen molar-refractivity contribution in [2.75, 3.05) is 13.7 Å². The lowest BCUT2D eigenvalue weighted by atomic mass is 10.1. The van der Waals surface area contributed by atoms with Gasteiger partial charge in [-0.1, -0.05) is 6.07 Å². The molecule has 4 nitrogen and oxygen atoms in total. The molecule has 0 heterocycles. The molecule has 0 aromatic heterocycles. The van der Waals surface area contributed by atoms with Crippen LogP contribution in [-0.2, 0) is 11.2 Å². The minimum atomic E-state index is -0.349. The third-order valence-corrected chi connectivity index (χ3v) is 3.69. The molecule has 0 aliphatic heterocycles. The van der Waals surface area contributed by atoms with Gasteiger partial charge in [-0.25, -0.2) is 0 Å². The summed E-state index contributed by atoms with van der Waals surface area (Å²) >= 11 is 0. The van der Waals surface area contributed by atoms with Gasteiger partial charge < -0.3 is 14.7 Å². The topological polar surface area (TPSA) is 49.8 Å². The molecule has 1 atom stereocenters. The third kappa shape index (κ3) is 3.07. The van der Waals surface area contributed by atoms with Crippen molar-refractivity contribution in [2.24, 2.45) is 0 Å². The molecule has 0 bridgehead atoms. The van der Waals surface area contributed by atoms with E-state index in [9.17, 15) is 9.90 Å². The lowest BCUT2D eigenvalue weighted by Crippen LogP contribution is -2.36. The highest BCUT2D eigenvalue weighted by Gasteiger charge is 2.20. The quantitative estimate of drug-likeness (QED) is 0.902. The SMILES string of the molecule is CC(C)N(C)C(=O)COc1ccc2c(c1)CC[C@H]2O. The van der Waals surface area contributed by atoms with Crippen LogP contribution in [0.3, 0.4) is 0 Å². The molecule has 1 N–H and O–H groups in total. The predicted molar refractivity (Wildman–Crippen MR) is 73.1 cm³/mol. The van der Waals surface area contributed by atoms with Gasteiger partial charge in [-0.05, 0) is 49.9 Å². The summed E-state index contributed by atoms with van der Waals surface area (Å²) in [6.45, 7) is 3.99. The molecule has 0 spiro atoms. The van der Waals surface area contributed by atoms with E-state index in [2.05, 4.69) is 0 Å². The first-order valence-electron chi connectivity index (χ1n) is 6.68. The van der Waals surface area contributed by atoms with Crippen molar-refractivity contribution in [3.63, 3.8) is 0 Å². The summed E-state index contributed by atoms with van der Waals surface area (Å²) in [4.78, 5) is 13.5. The number of hydrogen-bond donors (Lipinski definition) is 1. The molecular formula is C15H21NO3. The van der Waals surface area contributed by atoms with E-state index >= 15 is 0 Å². The van der Waals surface area contributed by atoms with E-state index in [-0.39, 0.29) is 24.7 Å². The van der Waals surface area contributed by atoms with E-state index in [1.54, 1.807) is 11.9 Å². The predicted octanol–water partition coefficient (Wildman–Crippen LogP) is 1.91. The maximum absolute atomic E-state index is 11.8. The van der Waals surface area contributed by atoms with Crippen LogP contribution in [0, 0.1) is 0 Å². The Bertz CT molecular complexity index is 470. The Kier molecular flexibility index (Phi) is 4.10. The molecular weight excluding hydrogens is 242 g/mol. The van der Waals surface area contributed by atoms with Crippen LogP contribution in [-0.4, -0.2) is 35.6 Å². The molecule has 1 aliphatic carbocycles. The molecule has 1 aromatic rings. The molecule has 1 aromatic carbocycles. The molecule has 0 saturated carbocycles. The Morgan fingerprint density at radius 1 is 1.53 bits per heavy atom. The van der Waals surface area contributed by atoms with E-state index in [0.29, 0.717) is 5.75 Å². The number of hydrogen-bond acceptors (Lipinski definition) is 3. The van der Waals surface area contributed by atoms with Crippen LogP contribution < -0.4 is 4.74 Å². The number of aryl methyl sites for hydroxylation is 1. The molecule has 2 rings (SSSR count). The van der Waals surface area contributed by atoms with Crippen LogP contribution in [0.4, 0.5) is 0 Å². The Balaban J connectivity index is 1.96. The average Bonchev–Trinajstić information content (AvgIpc) is 2.76. The van der Waals surface area contributed by atoms with Crippen LogP contribution >= 0.6 is 0 Å². The van der Waals surface area contributed by atoms with Gasteiger partial charge in [0.25, 0.3) is 5.91 Å². The molecule has 1 aliphatic rings. The third-order valence-electron chi connectivity index (χ3n) is 3.69. The number of likely N-dealkylation sites (N-methyl/N-ethyl adjacent to an activating group) is 1. The second kappa shape index (κ2) is 5.61. The zero-order valence-electron chi connectivity index (χ0n) is 11.7. The second-order valence-electron chi connectivity index (χ2n) is 5.30. The molecule has 0 fully saturated rings. The van der Waals surface area contributed by atoms with Gasteiger partial charge in [0.2, 0.25) is 0 Å². The Labute approximate surface area is 114 Å². The number of benzene rings is 1. The van der Waals surface area contributed by atoms with Crippen LogP contribution in [0.15, 0.2) is 18.2 Å². The molecule has 0 saturated heterocycles. The first-order chi connectivity index (χ1) is 8.99. The van der Waals surface area contributed by atoms with Crippen molar-refractivity contribution in [1.29, 1.82) is 0 Å². The number of rotatable bonds is 4. The number of carbonyl (C=O) groups is 1. The smallest absolute Gasteiger partial charge is 0.260 e. The summed E-state index contributed by atoms with van der Waals surface area (Å²) in [5.74, 6) is 0.661. The summed E-state index contributed by atoms with van der Waals surface area (Å²) in [5, 5.41) is 9.72. The second-order valence-corrected chi connectivity index (χ2v) is 5.30. The van der Waals surface area contributed by atoms with Crippen molar-refractivity contribution >= 4 is 5.91 Å². The van der Waals surface area contributed by atoms with Gasteiger partial charge in [0.15, 0.2) is 6.61 Å². The zero-order valence-corrected chi connectivity index (χ0v) is 11.7. The summed E-state index contributed by atoms with van der Waals surface area (Å²) < 4.78 is 5.53. The monoisotopic (exact) mass is 263 g/mol. The normalized spacial score (nSPS) is 17.4. The van der Waals surface area contributed by atoms with E-state index in [1.165, 1.54) is 0 Å². The van der Waals surface area contributed by atoms with Crippen LogP contribution in [0.5, 0.6) is 5.75 Å². The van der Waals surface area contributed by atoms with Crippen LogP contribution in [0.2, 0.25) is 0 Å². The molecule has 19 heavy (non-hydrogen) atoms. The van der Waals surface area contributed by atoms with Gasteiger partial charge in [-0.2, -0.15) is 0 Å². The molecule has 104 valence electrons. The summed E-state index contributed by atoms with van der Waals surface area (Å²) in [5.41, 5.74) is 2.10. The van der Waals surface area contributed by atoms with Gasteiger partial charge in [0.05, 0.1) is 6.10 Å². The number of aliphatic hydroxyl groups excluding tert-OH is 1. The van der Waals surface area contributed by atoms with Crippen molar-refractivity contribution in [1.82, 2.24) is 4.90 Å². The molecule has 1 amide bonds. The lowest BCUT2D eigenvalue weighted by molar-refractivity contribution is -0.133. The maximum Gasteiger partial charge on any atom is 0.260 e. The molecule has 0 radical (unpaired) electrons. The largest absolute Gasteiger partial charge is 0.484 e. The highest BCUT2D eigenvalue weighted by atomic mass is 16.5. The van der Waals surface area contributed by atoms with Crippen molar-refractivity contribution in [3.8, 4) is 5.75 Å². The number of aliphatic hydroxyl groups is 1. The summed E-state index contributed by atoms with van der Waals surface area (Å²) in [6, 6.07) is 5.80. The Morgan fingerprint density at radius 3 is 2.95 bits per heavy atom. The van der Waals surface area contributed by atoms with E-state index in [4.69, 9.17) is 4.74 Å². The van der Waals surface area contributed by atoms with E-state index < -0.39 is 0 Å². The zero-order chi connectivity index (χ0) is 14.0. The molecule has 0 unspecified atom stereocenters. The first kappa shape index (κ1) is 13.9. The Hall–Kier alpha value is -1.55. The number of nitrogens with zero attached hydrogens (tertiary/aromatic N) is 1. The fourth-order valence-corrected chi connectivity index (χ4v) is 2.20. The standard InChI is InChI=1S/C15H21NO3/c1-10(2)16(3)15(18)9-19-12-5-6-13-11(8-12)4-7-14(13)17/h5-6,8,10,14,17H,4,7,9H2,1-3H3/t14-/m1/s1. The first-order valence-corrected chi connectivity index (χ1v) is 6.68. The van der Waals surface area contributed by atoms with E-state index in [1.807, 2.05) is 32.0 Å². The summed E-state index contributed by atoms with van der Waals surface area (Å²) in [7, 11) is 1.77. The fraction of sp³-hybridized carbons (Fsp3) is 0.533. The van der Waals surface area contributed by atoms with Gasteiger partial charge >= 0.3 is 0 Å². The van der Waals surface area contributed by atoms with Gasteiger partial charge in [-0.3, -0.25) is 4.79 Å². The van der Waals surface area contributed by atoms with Crippen molar-refractivity contribution in [2.45, 2.75) is 38.8 Å². The fourth-order valence-electron chi connectivity index (χ4n) is 2.20. The minimum absolute atomic E-state index is 0.0319. The van der Waals surface area contributed by atoms with Gasteiger partial charge in [0.1, 0.15) is 5.75 Å². The summed E-state index contributed by atoms with van der Waals surface area (Å²) in [6.07, 6.45) is 1.29. The average molecular weight is 263 g/mol. The molecule has 4 heteroatoms. The Morgan fingerprint density at radius 2 is 2.26 bits per heavy atom. The lowest BCUT2D eigenvalue weighted by Gasteiger charge is -2.21. The minimum Gasteiger partial charge on any atom is -0.484 e. The van der Waals surface area contributed by atoms with Gasteiger partial charge in [-0.15, -0.1) is 0 Å². The highest BCUT2D eigenvalue weighted by Crippen LogP contribution is 2.33. The number of fused-ring (bicyclic) bond motifs is 1. The maximum atomic E-state index is 11.8.